The second-order valence-corrected chi connectivity index (χ2v) is 6.67. The predicted octanol–water partition coefficient (Wildman–Crippen LogP) is 2.20. The molecule has 2 aromatic rings. The van der Waals surface area contributed by atoms with Crippen LogP contribution in [0.5, 0.6) is 0 Å². The van der Waals surface area contributed by atoms with Gasteiger partial charge in [-0.05, 0) is 38.1 Å². The Morgan fingerprint density at radius 1 is 1.48 bits per heavy atom. The molecule has 7 heteroatoms. The number of thiophene rings is 1. The maximum absolute atomic E-state index is 12.8. The lowest BCUT2D eigenvalue weighted by atomic mass is 10.0. The van der Waals surface area contributed by atoms with E-state index in [4.69, 9.17) is 0 Å². The van der Waals surface area contributed by atoms with Crippen molar-refractivity contribution in [2.75, 3.05) is 11.4 Å². The Kier molecular flexibility index (Phi) is 4.47. The quantitative estimate of drug-likeness (QED) is 0.933. The first kappa shape index (κ1) is 15.7. The average molecular weight is 332 g/mol. The van der Waals surface area contributed by atoms with Crippen LogP contribution < -0.4 is 10.2 Å². The highest BCUT2D eigenvalue weighted by Crippen LogP contribution is 2.22. The molecule has 1 atom stereocenters. The Morgan fingerprint density at radius 3 is 3.00 bits per heavy atom. The summed E-state index contributed by atoms with van der Waals surface area (Å²) >= 11 is 1.53. The van der Waals surface area contributed by atoms with E-state index in [1.54, 1.807) is 21.8 Å². The Morgan fingerprint density at radius 2 is 2.30 bits per heavy atom. The van der Waals surface area contributed by atoms with Crippen molar-refractivity contribution >= 4 is 29.0 Å². The molecule has 1 saturated heterocycles. The summed E-state index contributed by atoms with van der Waals surface area (Å²) < 4.78 is 1.80. The molecule has 6 nitrogen and oxygen atoms in total. The highest BCUT2D eigenvalue weighted by Gasteiger charge is 2.32. The standard InChI is InChI=1S/C16H20N4O2S/c1-3-20-14(6-8-17-20)19-9-4-5-13(16(19)22)18-15(21)12-7-10-23-11(12)2/h6-8,10,13H,3-5,9H2,1-2H3,(H,18,21). The monoisotopic (exact) mass is 332 g/mol. The number of anilines is 1. The average Bonchev–Trinajstić information content (AvgIpc) is 3.17. The summed E-state index contributed by atoms with van der Waals surface area (Å²) in [5.41, 5.74) is 0.651. The smallest absolute Gasteiger partial charge is 0.253 e. The molecule has 1 aliphatic rings. The molecule has 2 amide bonds. The van der Waals surface area contributed by atoms with Gasteiger partial charge in [0.2, 0.25) is 0 Å². The maximum Gasteiger partial charge on any atom is 0.253 e. The van der Waals surface area contributed by atoms with E-state index in [0.29, 0.717) is 25.1 Å². The van der Waals surface area contributed by atoms with Crippen LogP contribution in [0.15, 0.2) is 23.7 Å². The van der Waals surface area contributed by atoms with Gasteiger partial charge in [-0.15, -0.1) is 11.3 Å². The summed E-state index contributed by atoms with van der Waals surface area (Å²) in [4.78, 5) is 27.8. The molecule has 1 unspecified atom stereocenters. The van der Waals surface area contributed by atoms with Gasteiger partial charge in [-0.25, -0.2) is 4.68 Å². The molecule has 0 aromatic carbocycles. The highest BCUT2D eigenvalue weighted by molar-refractivity contribution is 7.10. The summed E-state index contributed by atoms with van der Waals surface area (Å²) in [6.07, 6.45) is 3.22. The van der Waals surface area contributed by atoms with Crippen LogP contribution in [0, 0.1) is 6.92 Å². The summed E-state index contributed by atoms with van der Waals surface area (Å²) in [5.74, 6) is 0.559. The summed E-state index contributed by atoms with van der Waals surface area (Å²) in [5, 5.41) is 9.00. The minimum absolute atomic E-state index is 0.0623. The van der Waals surface area contributed by atoms with Crippen LogP contribution in [0.2, 0.25) is 0 Å². The third-order valence-corrected chi connectivity index (χ3v) is 4.96. The molecule has 3 heterocycles. The SMILES string of the molecule is CCn1nccc1N1CCCC(NC(=O)c2ccsc2C)C1=O. The van der Waals surface area contributed by atoms with E-state index in [0.717, 1.165) is 17.1 Å². The van der Waals surface area contributed by atoms with Gasteiger partial charge in [0, 0.05) is 24.0 Å². The Labute approximate surface area is 139 Å². The molecular weight excluding hydrogens is 312 g/mol. The van der Waals surface area contributed by atoms with E-state index in [-0.39, 0.29) is 11.8 Å². The number of carbonyl (C=O) groups excluding carboxylic acids is 2. The second-order valence-electron chi connectivity index (χ2n) is 5.55. The van der Waals surface area contributed by atoms with Crippen molar-refractivity contribution < 1.29 is 9.59 Å². The first-order chi connectivity index (χ1) is 11.1. The van der Waals surface area contributed by atoms with Crippen LogP contribution in [0.25, 0.3) is 0 Å². The van der Waals surface area contributed by atoms with Gasteiger partial charge in [-0.2, -0.15) is 5.10 Å². The van der Waals surface area contributed by atoms with Crippen molar-refractivity contribution in [2.45, 2.75) is 39.3 Å². The van der Waals surface area contributed by atoms with E-state index < -0.39 is 6.04 Å². The second kappa shape index (κ2) is 6.54. The maximum atomic E-state index is 12.8. The molecule has 0 radical (unpaired) electrons. The van der Waals surface area contributed by atoms with Crippen molar-refractivity contribution in [3.63, 3.8) is 0 Å². The van der Waals surface area contributed by atoms with Gasteiger partial charge < -0.3 is 5.32 Å². The molecule has 1 aliphatic heterocycles. The summed E-state index contributed by atoms with van der Waals surface area (Å²) in [6.45, 7) is 5.27. The Balaban J connectivity index is 1.75. The van der Waals surface area contributed by atoms with Gasteiger partial charge in [0.25, 0.3) is 11.8 Å². The number of hydrogen-bond acceptors (Lipinski definition) is 4. The van der Waals surface area contributed by atoms with Crippen LogP contribution in [-0.4, -0.2) is 34.2 Å². The Bertz CT molecular complexity index is 721. The van der Waals surface area contributed by atoms with Gasteiger partial charge >= 0.3 is 0 Å². The van der Waals surface area contributed by atoms with Gasteiger partial charge in [0.1, 0.15) is 11.9 Å². The fourth-order valence-electron chi connectivity index (χ4n) is 2.89. The van der Waals surface area contributed by atoms with Crippen LogP contribution >= 0.6 is 11.3 Å². The molecule has 0 bridgehead atoms. The lowest BCUT2D eigenvalue weighted by molar-refractivity contribution is -0.121. The van der Waals surface area contributed by atoms with Crippen LogP contribution in [0.3, 0.4) is 0 Å². The number of piperidine rings is 1. The highest BCUT2D eigenvalue weighted by atomic mass is 32.1. The molecule has 0 aliphatic carbocycles. The number of carbonyl (C=O) groups is 2. The topological polar surface area (TPSA) is 67.2 Å². The van der Waals surface area contributed by atoms with Crippen LogP contribution in [-0.2, 0) is 11.3 Å². The number of aryl methyl sites for hydroxylation is 2. The zero-order valence-electron chi connectivity index (χ0n) is 13.3. The minimum atomic E-state index is -0.476. The van der Waals surface area contributed by atoms with Gasteiger partial charge in [0.05, 0.1) is 11.8 Å². The molecule has 23 heavy (non-hydrogen) atoms. The van der Waals surface area contributed by atoms with Crippen LogP contribution in [0.1, 0.15) is 35.0 Å². The van der Waals surface area contributed by atoms with E-state index in [1.807, 2.05) is 25.3 Å². The predicted molar refractivity (Wildman–Crippen MR) is 89.8 cm³/mol. The number of hydrogen-bond donors (Lipinski definition) is 1. The van der Waals surface area contributed by atoms with Crippen molar-refractivity contribution in [1.82, 2.24) is 15.1 Å². The number of aromatic nitrogens is 2. The lowest BCUT2D eigenvalue weighted by Gasteiger charge is -2.32. The molecule has 3 rings (SSSR count). The molecule has 0 saturated carbocycles. The fraction of sp³-hybridized carbons (Fsp3) is 0.438. The van der Waals surface area contributed by atoms with Crippen molar-refractivity contribution in [3.8, 4) is 0 Å². The van der Waals surface area contributed by atoms with Crippen molar-refractivity contribution in [3.05, 3.63) is 34.2 Å². The van der Waals surface area contributed by atoms with Gasteiger partial charge in [-0.3, -0.25) is 14.5 Å². The normalized spacial score (nSPS) is 18.3. The first-order valence-electron chi connectivity index (χ1n) is 7.80. The number of rotatable bonds is 4. The van der Waals surface area contributed by atoms with Gasteiger partial charge in [-0.1, -0.05) is 0 Å². The zero-order chi connectivity index (χ0) is 16.4. The van der Waals surface area contributed by atoms with E-state index >= 15 is 0 Å². The van der Waals surface area contributed by atoms with Gasteiger partial charge in [0.15, 0.2) is 0 Å². The molecule has 2 aromatic heterocycles. The third-order valence-electron chi connectivity index (χ3n) is 4.12. The third kappa shape index (κ3) is 3.01. The molecule has 1 fully saturated rings. The largest absolute Gasteiger partial charge is 0.340 e. The van der Waals surface area contributed by atoms with E-state index in [9.17, 15) is 9.59 Å². The molecule has 122 valence electrons. The zero-order valence-corrected chi connectivity index (χ0v) is 14.1. The summed E-state index contributed by atoms with van der Waals surface area (Å²) in [7, 11) is 0. The first-order valence-corrected chi connectivity index (χ1v) is 8.68. The number of nitrogens with one attached hydrogen (secondary N) is 1. The van der Waals surface area contributed by atoms with Crippen molar-refractivity contribution in [2.24, 2.45) is 0 Å². The molecule has 0 spiro atoms. The molecular formula is C16H20N4O2S. The molecule has 1 N–H and O–H groups in total. The number of nitrogens with zero attached hydrogens (tertiary/aromatic N) is 3. The minimum Gasteiger partial charge on any atom is -0.340 e. The lowest BCUT2D eigenvalue weighted by Crippen LogP contribution is -2.53. The van der Waals surface area contributed by atoms with Crippen molar-refractivity contribution in [1.29, 1.82) is 0 Å². The number of amides is 2. The van der Waals surface area contributed by atoms with E-state index in [1.165, 1.54) is 11.3 Å². The fourth-order valence-corrected chi connectivity index (χ4v) is 3.59. The van der Waals surface area contributed by atoms with E-state index in [2.05, 4.69) is 10.4 Å². The summed E-state index contributed by atoms with van der Waals surface area (Å²) in [6, 6.07) is 3.16. The van der Waals surface area contributed by atoms with Crippen LogP contribution in [0.4, 0.5) is 5.82 Å². The Hall–Kier alpha value is -2.15.